The zero-order valence-electron chi connectivity index (χ0n) is 15.2. The van der Waals surface area contributed by atoms with Gasteiger partial charge in [-0.25, -0.2) is 4.39 Å². The van der Waals surface area contributed by atoms with E-state index in [1.165, 1.54) is 12.1 Å². The Morgan fingerprint density at radius 1 is 1.07 bits per heavy atom. The van der Waals surface area contributed by atoms with E-state index in [1.54, 1.807) is 28.0 Å². The van der Waals surface area contributed by atoms with E-state index in [2.05, 4.69) is 15.1 Å². The quantitative estimate of drug-likeness (QED) is 0.526. The Morgan fingerprint density at radius 3 is 2.71 bits per heavy atom. The Hall–Kier alpha value is -2.84. The van der Waals surface area contributed by atoms with Crippen LogP contribution in [0.15, 0.2) is 53.2 Å². The van der Waals surface area contributed by atoms with Gasteiger partial charge >= 0.3 is 0 Å². The Labute approximate surface area is 165 Å². The van der Waals surface area contributed by atoms with Gasteiger partial charge in [0.25, 0.3) is 0 Å². The first-order chi connectivity index (χ1) is 13.7. The molecule has 4 heterocycles. The number of hydrogen-bond donors (Lipinski definition) is 0. The second-order valence-corrected chi connectivity index (χ2v) is 7.67. The first kappa shape index (κ1) is 17.3. The number of morpholine rings is 1. The third-order valence-electron chi connectivity index (χ3n) is 4.85. The first-order valence-corrected chi connectivity index (χ1v) is 10.0. The molecule has 4 aromatic rings. The molecule has 6 nitrogen and oxygen atoms in total. The number of halogens is 1. The molecule has 2 unspecified atom stereocenters. The lowest BCUT2D eigenvalue weighted by Gasteiger charge is -2.37. The van der Waals surface area contributed by atoms with Crippen LogP contribution in [0.4, 0.5) is 10.2 Å². The van der Waals surface area contributed by atoms with E-state index in [1.807, 2.05) is 35.9 Å². The topological polar surface area (TPSA) is 55.6 Å². The summed E-state index contributed by atoms with van der Waals surface area (Å²) in [6.07, 6.45) is -0.113. The summed E-state index contributed by atoms with van der Waals surface area (Å²) in [5.74, 6) is 1.32. The van der Waals surface area contributed by atoms with Gasteiger partial charge in [-0.3, -0.25) is 0 Å². The molecule has 28 heavy (non-hydrogen) atoms. The molecular weight excluding hydrogens is 377 g/mol. The van der Waals surface area contributed by atoms with Gasteiger partial charge in [-0.05, 0) is 48.2 Å². The van der Waals surface area contributed by atoms with Crippen LogP contribution in [0.3, 0.4) is 0 Å². The van der Waals surface area contributed by atoms with Crippen LogP contribution in [0, 0.1) is 5.82 Å². The molecular formula is C20H18FN5OS. The molecule has 1 aliphatic heterocycles. The Bertz CT molecular complexity index is 1100. The smallest absolute Gasteiger partial charge is 0.186 e. The lowest BCUT2D eigenvalue weighted by atomic mass is 10.1. The lowest BCUT2D eigenvalue weighted by Crippen LogP contribution is -2.43. The van der Waals surface area contributed by atoms with Crippen LogP contribution in [-0.2, 0) is 4.74 Å². The highest BCUT2D eigenvalue weighted by molar-refractivity contribution is 7.08. The molecule has 1 saturated heterocycles. The fraction of sp³-hybridized carbons (Fsp3) is 0.250. The monoisotopic (exact) mass is 395 g/mol. The summed E-state index contributed by atoms with van der Waals surface area (Å²) >= 11 is 1.62. The van der Waals surface area contributed by atoms with Crippen molar-refractivity contribution in [3.8, 4) is 11.4 Å². The molecule has 0 amide bonds. The number of thiophene rings is 1. The highest BCUT2D eigenvalue weighted by Gasteiger charge is 2.28. The molecule has 1 fully saturated rings. The van der Waals surface area contributed by atoms with Crippen molar-refractivity contribution in [2.75, 3.05) is 18.0 Å². The number of rotatable bonds is 3. The summed E-state index contributed by atoms with van der Waals surface area (Å²) in [5, 5.41) is 17.4. The fourth-order valence-electron chi connectivity index (χ4n) is 3.52. The van der Waals surface area contributed by atoms with Gasteiger partial charge < -0.3 is 9.64 Å². The van der Waals surface area contributed by atoms with Gasteiger partial charge in [-0.15, -0.1) is 15.3 Å². The maximum atomic E-state index is 13.3. The fourth-order valence-corrected chi connectivity index (χ4v) is 4.15. The van der Waals surface area contributed by atoms with Gasteiger partial charge in [0, 0.05) is 24.0 Å². The number of hydrogen-bond acceptors (Lipinski definition) is 6. The summed E-state index contributed by atoms with van der Waals surface area (Å²) < 4.78 is 21.1. The van der Waals surface area contributed by atoms with Crippen LogP contribution in [0.1, 0.15) is 18.6 Å². The highest BCUT2D eigenvalue weighted by Crippen LogP contribution is 2.29. The Morgan fingerprint density at radius 2 is 1.93 bits per heavy atom. The second-order valence-electron chi connectivity index (χ2n) is 6.89. The van der Waals surface area contributed by atoms with Crippen molar-refractivity contribution in [2.45, 2.75) is 19.1 Å². The van der Waals surface area contributed by atoms with Gasteiger partial charge in [-0.1, -0.05) is 12.1 Å². The zero-order valence-corrected chi connectivity index (χ0v) is 16.0. The maximum absolute atomic E-state index is 13.3. The van der Waals surface area contributed by atoms with Crippen LogP contribution >= 0.6 is 11.3 Å². The predicted octanol–water partition coefficient (Wildman–Crippen LogP) is 3.96. The minimum Gasteiger partial charge on any atom is -0.367 e. The van der Waals surface area contributed by atoms with E-state index in [-0.39, 0.29) is 18.0 Å². The van der Waals surface area contributed by atoms with Crippen LogP contribution in [0.25, 0.3) is 17.0 Å². The number of aromatic nitrogens is 4. The zero-order chi connectivity index (χ0) is 19.1. The molecule has 0 radical (unpaired) electrons. The number of anilines is 1. The van der Waals surface area contributed by atoms with E-state index >= 15 is 0 Å². The van der Waals surface area contributed by atoms with Crippen LogP contribution in [0.5, 0.6) is 0 Å². The van der Waals surface area contributed by atoms with Gasteiger partial charge in [0.15, 0.2) is 11.5 Å². The molecule has 0 aliphatic carbocycles. The molecule has 1 aliphatic rings. The van der Waals surface area contributed by atoms with E-state index < -0.39 is 0 Å². The number of ether oxygens (including phenoxy) is 1. The first-order valence-electron chi connectivity index (χ1n) is 9.08. The SMILES string of the molecule is CC1CN(c2ccc3nnc(-c4ccsc4)n3n2)CC(c2ccc(F)cc2)O1. The summed E-state index contributed by atoms with van der Waals surface area (Å²) in [4.78, 5) is 2.19. The van der Waals surface area contributed by atoms with Crippen molar-refractivity contribution < 1.29 is 9.13 Å². The predicted molar refractivity (Wildman–Crippen MR) is 106 cm³/mol. The maximum Gasteiger partial charge on any atom is 0.186 e. The van der Waals surface area contributed by atoms with Gasteiger partial charge in [0.1, 0.15) is 17.7 Å². The van der Waals surface area contributed by atoms with Crippen LogP contribution in [-0.4, -0.2) is 39.0 Å². The molecule has 1 aromatic carbocycles. The van der Waals surface area contributed by atoms with Crippen LogP contribution in [0.2, 0.25) is 0 Å². The van der Waals surface area contributed by atoms with Crippen molar-refractivity contribution in [3.63, 3.8) is 0 Å². The lowest BCUT2D eigenvalue weighted by molar-refractivity contribution is -0.0176. The van der Waals surface area contributed by atoms with Crippen molar-refractivity contribution in [1.29, 1.82) is 0 Å². The molecule has 8 heteroatoms. The number of fused-ring (bicyclic) bond motifs is 1. The number of benzene rings is 1. The Kier molecular flexibility index (Phi) is 4.29. The minimum absolute atomic E-state index is 0.0264. The van der Waals surface area contributed by atoms with Crippen molar-refractivity contribution in [3.05, 3.63) is 64.6 Å². The third kappa shape index (κ3) is 3.14. The van der Waals surface area contributed by atoms with Crippen molar-refractivity contribution in [2.24, 2.45) is 0 Å². The van der Waals surface area contributed by atoms with E-state index in [9.17, 15) is 4.39 Å². The van der Waals surface area contributed by atoms with Gasteiger partial charge in [0.05, 0.1) is 6.10 Å². The normalized spacial score (nSPS) is 20.0. The van der Waals surface area contributed by atoms with Gasteiger partial charge in [0.2, 0.25) is 0 Å². The third-order valence-corrected chi connectivity index (χ3v) is 5.54. The van der Waals surface area contributed by atoms with E-state index in [4.69, 9.17) is 9.84 Å². The van der Waals surface area contributed by atoms with Crippen molar-refractivity contribution >= 4 is 22.8 Å². The van der Waals surface area contributed by atoms with Gasteiger partial charge in [-0.2, -0.15) is 15.9 Å². The molecule has 3 aromatic heterocycles. The van der Waals surface area contributed by atoms with E-state index in [0.717, 1.165) is 29.3 Å². The van der Waals surface area contributed by atoms with Crippen molar-refractivity contribution in [1.82, 2.24) is 19.8 Å². The molecule has 142 valence electrons. The van der Waals surface area contributed by atoms with E-state index in [0.29, 0.717) is 12.2 Å². The molecule has 0 saturated carbocycles. The molecule has 0 N–H and O–H groups in total. The van der Waals surface area contributed by atoms with Crippen LogP contribution < -0.4 is 4.90 Å². The summed E-state index contributed by atoms with van der Waals surface area (Å²) in [7, 11) is 0. The largest absolute Gasteiger partial charge is 0.367 e. The molecule has 5 rings (SSSR count). The minimum atomic E-state index is -0.245. The molecule has 0 spiro atoms. The average Bonchev–Trinajstić information content (AvgIpc) is 3.37. The molecule has 2 atom stereocenters. The Balaban J connectivity index is 1.48. The highest BCUT2D eigenvalue weighted by atomic mass is 32.1. The second kappa shape index (κ2) is 6.96. The summed E-state index contributed by atoms with van der Waals surface area (Å²) in [5.41, 5.74) is 2.67. The molecule has 0 bridgehead atoms. The number of nitrogens with zero attached hydrogens (tertiary/aromatic N) is 5. The average molecular weight is 395 g/mol. The standard InChI is InChI=1S/C20H18FN5OS/c1-13-10-25(11-17(27-13)14-2-4-16(21)5-3-14)19-7-6-18-22-23-20(26(18)24-19)15-8-9-28-12-15/h2-9,12-13,17H,10-11H2,1H3. The summed E-state index contributed by atoms with van der Waals surface area (Å²) in [6.45, 7) is 3.41. The summed E-state index contributed by atoms with van der Waals surface area (Å²) in [6, 6.07) is 12.4.